The molecule has 1 amide bonds. The molecule has 1 aliphatic rings. The van der Waals surface area contributed by atoms with Gasteiger partial charge in [0.05, 0.1) is 13.2 Å². The summed E-state index contributed by atoms with van der Waals surface area (Å²) >= 11 is 0. The maximum Gasteiger partial charge on any atom is 0.254 e. The predicted molar refractivity (Wildman–Crippen MR) is 63.4 cm³/mol. The Labute approximate surface area is 98.9 Å². The Hall–Kier alpha value is -1.88. The smallest absolute Gasteiger partial charge is 0.254 e. The summed E-state index contributed by atoms with van der Waals surface area (Å²) in [6.07, 6.45) is 4.51. The lowest BCUT2D eigenvalue weighted by Gasteiger charge is -2.25. The zero-order valence-corrected chi connectivity index (χ0v) is 9.41. The fourth-order valence-electron chi connectivity index (χ4n) is 1.60. The van der Waals surface area contributed by atoms with Crippen molar-refractivity contribution in [3.8, 4) is 0 Å². The molecule has 2 rings (SSSR count). The molecule has 0 saturated carbocycles. The zero-order chi connectivity index (χ0) is 12.1. The van der Waals surface area contributed by atoms with E-state index in [-0.39, 0.29) is 11.5 Å². The third-order valence-electron chi connectivity index (χ3n) is 2.55. The van der Waals surface area contributed by atoms with Gasteiger partial charge in [0, 0.05) is 37.6 Å². The van der Waals surface area contributed by atoms with Gasteiger partial charge >= 0.3 is 0 Å². The second-order valence-electron chi connectivity index (χ2n) is 3.70. The molecule has 2 heterocycles. The number of nitrogens with zero attached hydrogens (tertiary/aromatic N) is 2. The van der Waals surface area contributed by atoms with Crippen LogP contribution in [-0.4, -0.2) is 41.7 Å². The fraction of sp³-hybridized carbons (Fsp3) is 0.333. The van der Waals surface area contributed by atoms with E-state index in [1.54, 1.807) is 23.2 Å². The van der Waals surface area contributed by atoms with Gasteiger partial charge in [0.15, 0.2) is 0 Å². The first kappa shape index (κ1) is 11.6. The molecule has 0 spiro atoms. The van der Waals surface area contributed by atoms with E-state index in [4.69, 9.17) is 4.74 Å². The maximum absolute atomic E-state index is 11.8. The third-order valence-corrected chi connectivity index (χ3v) is 2.55. The topological polar surface area (TPSA) is 51.5 Å². The van der Waals surface area contributed by atoms with E-state index in [1.807, 2.05) is 0 Å². The molecule has 0 radical (unpaired) electrons. The normalized spacial score (nSPS) is 16.4. The Morgan fingerprint density at radius 1 is 1.29 bits per heavy atom. The molecule has 1 aliphatic heterocycles. The third kappa shape index (κ3) is 3.04. The quantitative estimate of drug-likeness (QED) is 0.686. The van der Waals surface area contributed by atoms with Crippen LogP contribution in [0.25, 0.3) is 6.20 Å². The van der Waals surface area contributed by atoms with Crippen LogP contribution >= 0.6 is 0 Å². The van der Waals surface area contributed by atoms with Crippen LogP contribution in [0.2, 0.25) is 0 Å². The molecule has 0 bridgehead atoms. The minimum absolute atomic E-state index is 0.0935. The molecule has 0 atom stereocenters. The molecule has 5 heteroatoms. The second-order valence-corrected chi connectivity index (χ2v) is 3.70. The molecule has 90 valence electrons. The molecule has 0 aromatic carbocycles. The number of ether oxygens (including phenoxy) is 1. The van der Waals surface area contributed by atoms with Crippen LogP contribution in [0.1, 0.15) is 0 Å². The molecule has 0 unspecified atom stereocenters. The minimum atomic E-state index is -0.154. The highest BCUT2D eigenvalue weighted by atomic mass is 16.5. The highest BCUT2D eigenvalue weighted by Gasteiger charge is 2.13. The largest absolute Gasteiger partial charge is 0.378 e. The number of aromatic nitrogens is 1. The van der Waals surface area contributed by atoms with E-state index in [9.17, 15) is 9.59 Å². The van der Waals surface area contributed by atoms with Crippen molar-refractivity contribution in [2.45, 2.75) is 0 Å². The van der Waals surface area contributed by atoms with Crippen LogP contribution in [0.4, 0.5) is 0 Å². The SMILES string of the molecule is O=C(/C=C/n1ccccc1=O)N1CCOCC1. The molecular formula is C12H14N2O3. The Morgan fingerprint density at radius 2 is 2.06 bits per heavy atom. The molecule has 0 N–H and O–H groups in total. The van der Waals surface area contributed by atoms with Crippen LogP contribution < -0.4 is 5.56 Å². The summed E-state index contributed by atoms with van der Waals surface area (Å²) in [6.45, 7) is 2.36. The average Bonchev–Trinajstić information content (AvgIpc) is 2.38. The van der Waals surface area contributed by atoms with E-state index < -0.39 is 0 Å². The number of hydrogen-bond donors (Lipinski definition) is 0. The first-order valence-corrected chi connectivity index (χ1v) is 5.49. The average molecular weight is 234 g/mol. The fourth-order valence-corrected chi connectivity index (χ4v) is 1.60. The zero-order valence-electron chi connectivity index (χ0n) is 9.41. The lowest BCUT2D eigenvalue weighted by atomic mass is 10.4. The van der Waals surface area contributed by atoms with Gasteiger partial charge < -0.3 is 9.64 Å². The molecule has 17 heavy (non-hydrogen) atoms. The summed E-state index contributed by atoms with van der Waals surface area (Å²) in [5.74, 6) is -0.0935. The van der Waals surface area contributed by atoms with Gasteiger partial charge in [-0.1, -0.05) is 6.07 Å². The molecule has 1 saturated heterocycles. The van der Waals surface area contributed by atoms with Gasteiger partial charge in [-0.2, -0.15) is 0 Å². The Morgan fingerprint density at radius 3 is 2.76 bits per heavy atom. The van der Waals surface area contributed by atoms with Crippen molar-refractivity contribution in [2.75, 3.05) is 26.3 Å². The monoisotopic (exact) mass is 234 g/mol. The van der Waals surface area contributed by atoms with Crippen molar-refractivity contribution < 1.29 is 9.53 Å². The molecule has 1 aromatic rings. The molecule has 5 nitrogen and oxygen atoms in total. The number of morpholine rings is 1. The minimum Gasteiger partial charge on any atom is -0.378 e. The van der Waals surface area contributed by atoms with E-state index in [1.165, 1.54) is 22.9 Å². The second kappa shape index (κ2) is 5.45. The Balaban J connectivity index is 2.03. The van der Waals surface area contributed by atoms with Crippen LogP contribution in [0, 0.1) is 0 Å². The van der Waals surface area contributed by atoms with Crippen molar-refractivity contribution >= 4 is 12.1 Å². The van der Waals surface area contributed by atoms with Crippen molar-refractivity contribution in [3.05, 3.63) is 40.8 Å². The van der Waals surface area contributed by atoms with E-state index >= 15 is 0 Å². The van der Waals surface area contributed by atoms with Gasteiger partial charge in [-0.25, -0.2) is 0 Å². The maximum atomic E-state index is 11.8. The van der Waals surface area contributed by atoms with E-state index in [0.717, 1.165) is 0 Å². The summed E-state index contributed by atoms with van der Waals surface area (Å²) in [4.78, 5) is 24.8. The lowest BCUT2D eigenvalue weighted by Crippen LogP contribution is -2.39. The number of pyridine rings is 1. The highest BCUT2D eigenvalue weighted by Crippen LogP contribution is 1.98. The summed E-state index contributed by atoms with van der Waals surface area (Å²) in [5.41, 5.74) is -0.154. The number of carbonyl (C=O) groups is 1. The van der Waals surface area contributed by atoms with Crippen LogP contribution in [0.5, 0.6) is 0 Å². The van der Waals surface area contributed by atoms with Crippen molar-refractivity contribution in [3.63, 3.8) is 0 Å². The lowest BCUT2D eigenvalue weighted by molar-refractivity contribution is -0.129. The van der Waals surface area contributed by atoms with Crippen LogP contribution in [0.15, 0.2) is 35.3 Å². The summed E-state index contributed by atoms with van der Waals surface area (Å²) in [7, 11) is 0. The number of amides is 1. The predicted octanol–water partition coefficient (Wildman–Crippen LogP) is 0.178. The first-order valence-electron chi connectivity index (χ1n) is 5.49. The number of hydrogen-bond acceptors (Lipinski definition) is 3. The number of carbonyl (C=O) groups excluding carboxylic acids is 1. The van der Waals surface area contributed by atoms with E-state index in [2.05, 4.69) is 0 Å². The summed E-state index contributed by atoms with van der Waals surface area (Å²) in [5, 5.41) is 0. The standard InChI is InChI=1S/C12H14N2O3/c15-11-3-1-2-5-13(11)6-4-12(16)14-7-9-17-10-8-14/h1-6H,7-10H2/b6-4+. The van der Waals surface area contributed by atoms with Gasteiger partial charge in [-0.15, -0.1) is 0 Å². The van der Waals surface area contributed by atoms with Gasteiger partial charge in [-0.05, 0) is 6.07 Å². The first-order chi connectivity index (χ1) is 8.27. The summed E-state index contributed by atoms with van der Waals surface area (Å²) in [6, 6.07) is 4.85. The molecule has 1 fully saturated rings. The van der Waals surface area contributed by atoms with Gasteiger partial charge in [0.2, 0.25) is 5.91 Å². The van der Waals surface area contributed by atoms with Crippen molar-refractivity contribution in [1.82, 2.24) is 9.47 Å². The van der Waals surface area contributed by atoms with E-state index in [0.29, 0.717) is 26.3 Å². The summed E-state index contributed by atoms with van der Waals surface area (Å²) < 4.78 is 6.53. The molecule has 1 aromatic heterocycles. The van der Waals surface area contributed by atoms with Gasteiger partial charge in [0.25, 0.3) is 5.56 Å². The van der Waals surface area contributed by atoms with Gasteiger partial charge in [0.1, 0.15) is 0 Å². The van der Waals surface area contributed by atoms with Crippen molar-refractivity contribution in [2.24, 2.45) is 0 Å². The van der Waals surface area contributed by atoms with Crippen molar-refractivity contribution in [1.29, 1.82) is 0 Å². The van der Waals surface area contributed by atoms with Gasteiger partial charge in [-0.3, -0.25) is 14.2 Å². The Kier molecular flexibility index (Phi) is 3.72. The van der Waals surface area contributed by atoms with Crippen LogP contribution in [0.3, 0.4) is 0 Å². The molecular weight excluding hydrogens is 220 g/mol. The highest BCUT2D eigenvalue weighted by molar-refractivity contribution is 5.90. The van der Waals surface area contributed by atoms with Crippen LogP contribution in [-0.2, 0) is 9.53 Å². The molecule has 0 aliphatic carbocycles. The Bertz CT molecular complexity index is 473. The number of rotatable bonds is 2.